The SMILES string of the molecule is Cc1cc(C(=O)c2cc(C#N)n(COCCS(C)(C)C)n2)n(C2=CCC=C(F)C=C2C(C)OS(C)(C)C(C)(C)C)n1. The summed E-state index contributed by atoms with van der Waals surface area (Å²) in [6, 6.07) is 5.24. The van der Waals surface area contributed by atoms with Crippen molar-refractivity contribution in [3.8, 4) is 6.07 Å². The van der Waals surface area contributed by atoms with Crippen LogP contribution in [-0.4, -0.2) is 79.8 Å². The number of nitrogens with zero attached hydrogens (tertiary/aromatic N) is 5. The van der Waals surface area contributed by atoms with Crippen LogP contribution in [0.1, 0.15) is 61.7 Å². The highest BCUT2D eigenvalue weighted by Gasteiger charge is 2.33. The van der Waals surface area contributed by atoms with Gasteiger partial charge in [0.15, 0.2) is 0 Å². The molecule has 226 valence electrons. The normalized spacial score (nSPS) is 16.3. The Labute approximate surface area is 247 Å². The highest BCUT2D eigenvalue weighted by molar-refractivity contribution is 8.32. The summed E-state index contributed by atoms with van der Waals surface area (Å²) < 4.78 is 30.0. The molecule has 2 heterocycles. The van der Waals surface area contributed by atoms with Gasteiger partial charge < -0.3 is 8.92 Å². The number of rotatable bonds is 11. The highest BCUT2D eigenvalue weighted by Crippen LogP contribution is 2.55. The maximum atomic E-state index is 14.8. The molecule has 41 heavy (non-hydrogen) atoms. The number of halogens is 1. The van der Waals surface area contributed by atoms with Crippen molar-refractivity contribution in [1.82, 2.24) is 19.6 Å². The Balaban J connectivity index is 1.96. The fourth-order valence-corrected chi connectivity index (χ4v) is 5.66. The molecule has 2 aromatic rings. The van der Waals surface area contributed by atoms with Crippen LogP contribution < -0.4 is 0 Å². The number of nitriles is 1. The lowest BCUT2D eigenvalue weighted by Gasteiger charge is -2.45. The van der Waals surface area contributed by atoms with E-state index in [0.29, 0.717) is 30.0 Å². The fourth-order valence-electron chi connectivity index (χ4n) is 3.93. The molecule has 0 fully saturated rings. The molecule has 1 unspecified atom stereocenters. The van der Waals surface area contributed by atoms with Crippen LogP contribution in [0.4, 0.5) is 4.39 Å². The minimum absolute atomic E-state index is 0.0771. The summed E-state index contributed by atoms with van der Waals surface area (Å²) in [7, 11) is -2.24. The maximum absolute atomic E-state index is 14.8. The van der Waals surface area contributed by atoms with Gasteiger partial charge in [-0.25, -0.2) is 23.8 Å². The molecular weight excluding hydrogens is 561 g/mol. The lowest BCUT2D eigenvalue weighted by atomic mass is 10.1. The topological polar surface area (TPSA) is 95.0 Å². The van der Waals surface area contributed by atoms with Crippen LogP contribution in [0, 0.1) is 18.3 Å². The van der Waals surface area contributed by atoms with Crippen molar-refractivity contribution in [1.29, 1.82) is 5.26 Å². The molecule has 0 saturated carbocycles. The van der Waals surface area contributed by atoms with E-state index in [-0.39, 0.29) is 34.4 Å². The summed E-state index contributed by atoms with van der Waals surface area (Å²) in [5, 5.41) is 18.7. The smallest absolute Gasteiger partial charge is 0.231 e. The van der Waals surface area contributed by atoms with Crippen LogP contribution in [0.5, 0.6) is 0 Å². The second-order valence-corrected chi connectivity index (χ2v) is 20.8. The van der Waals surface area contributed by atoms with E-state index in [4.69, 9.17) is 8.92 Å². The van der Waals surface area contributed by atoms with E-state index in [1.54, 1.807) is 17.7 Å². The molecule has 8 nitrogen and oxygen atoms in total. The highest BCUT2D eigenvalue weighted by atomic mass is 32.3. The lowest BCUT2D eigenvalue weighted by molar-refractivity contribution is 0.0796. The van der Waals surface area contributed by atoms with Crippen LogP contribution in [-0.2, 0) is 15.7 Å². The predicted molar refractivity (Wildman–Crippen MR) is 169 cm³/mol. The van der Waals surface area contributed by atoms with Gasteiger partial charge in [0.05, 0.1) is 24.1 Å². The molecule has 0 spiro atoms. The Morgan fingerprint density at radius 3 is 2.46 bits per heavy atom. The van der Waals surface area contributed by atoms with E-state index in [1.165, 1.54) is 22.9 Å². The van der Waals surface area contributed by atoms with Crippen molar-refractivity contribution in [2.45, 2.75) is 58.6 Å². The Kier molecular flexibility index (Phi) is 10.2. The van der Waals surface area contributed by atoms with E-state index in [2.05, 4.69) is 68.3 Å². The molecule has 0 aliphatic heterocycles. The molecule has 1 aliphatic carbocycles. The maximum Gasteiger partial charge on any atom is 0.231 e. The Morgan fingerprint density at radius 2 is 1.85 bits per heavy atom. The summed E-state index contributed by atoms with van der Waals surface area (Å²) in [6.07, 6.45) is 15.5. The molecule has 0 aromatic carbocycles. The zero-order valence-corrected chi connectivity index (χ0v) is 27.6. The van der Waals surface area contributed by atoms with Gasteiger partial charge in [-0.1, -0.05) is 26.8 Å². The van der Waals surface area contributed by atoms with Crippen molar-refractivity contribution in [3.63, 3.8) is 0 Å². The van der Waals surface area contributed by atoms with Crippen molar-refractivity contribution in [2.24, 2.45) is 0 Å². The number of carbonyl (C=O) groups excluding carboxylic acids is 1. The Morgan fingerprint density at radius 1 is 1.17 bits per heavy atom. The molecular formula is C30H44FN5O3S2. The van der Waals surface area contributed by atoms with Gasteiger partial charge in [0.1, 0.15) is 35.7 Å². The van der Waals surface area contributed by atoms with Crippen molar-refractivity contribution < 1.29 is 18.1 Å². The second kappa shape index (κ2) is 12.7. The molecule has 3 rings (SSSR count). The van der Waals surface area contributed by atoms with Crippen molar-refractivity contribution >= 4 is 31.8 Å². The van der Waals surface area contributed by atoms with Gasteiger partial charge in [0.2, 0.25) is 5.78 Å². The molecule has 2 aromatic heterocycles. The number of ether oxygens (including phenoxy) is 1. The van der Waals surface area contributed by atoms with Crippen molar-refractivity contribution in [2.75, 3.05) is 43.6 Å². The molecule has 0 N–H and O–H groups in total. The number of ketones is 1. The van der Waals surface area contributed by atoms with Gasteiger partial charge >= 0.3 is 0 Å². The summed E-state index contributed by atoms with van der Waals surface area (Å²) in [5.74, 6) is 0.164. The molecule has 0 amide bonds. The van der Waals surface area contributed by atoms with E-state index in [1.807, 2.05) is 13.0 Å². The zero-order chi connectivity index (χ0) is 30.8. The Bertz CT molecular complexity index is 1410. The van der Waals surface area contributed by atoms with E-state index >= 15 is 0 Å². The zero-order valence-electron chi connectivity index (χ0n) is 25.9. The van der Waals surface area contributed by atoms with Gasteiger partial charge in [-0.15, -0.1) is 10.3 Å². The third-order valence-electron chi connectivity index (χ3n) is 6.98. The fraction of sp³-hybridized carbons (Fsp3) is 0.533. The summed E-state index contributed by atoms with van der Waals surface area (Å²) in [4.78, 5) is 13.8. The van der Waals surface area contributed by atoms with Gasteiger partial charge in [-0.3, -0.25) is 4.79 Å². The van der Waals surface area contributed by atoms with Gasteiger partial charge in [-0.2, -0.15) is 15.5 Å². The van der Waals surface area contributed by atoms with E-state index < -0.39 is 32.2 Å². The number of hydrogen-bond acceptors (Lipinski definition) is 6. The molecule has 1 atom stereocenters. The minimum atomic E-state index is -1.53. The summed E-state index contributed by atoms with van der Waals surface area (Å²) in [6.45, 7) is 10.7. The molecule has 0 saturated heterocycles. The van der Waals surface area contributed by atoms with Crippen LogP contribution in [0.3, 0.4) is 0 Å². The molecule has 1 aliphatic rings. The second-order valence-electron chi connectivity index (χ2n) is 12.4. The summed E-state index contributed by atoms with van der Waals surface area (Å²) >= 11 is 0. The first-order valence-corrected chi connectivity index (χ1v) is 18.9. The first-order valence-electron chi connectivity index (χ1n) is 13.5. The van der Waals surface area contributed by atoms with Crippen LogP contribution in [0.25, 0.3) is 5.70 Å². The average Bonchev–Trinajstić information content (AvgIpc) is 3.38. The number of aromatic nitrogens is 4. The molecule has 0 radical (unpaired) electrons. The van der Waals surface area contributed by atoms with E-state index in [0.717, 1.165) is 5.75 Å². The van der Waals surface area contributed by atoms with Gasteiger partial charge in [-0.05, 0) is 69.8 Å². The van der Waals surface area contributed by atoms with Gasteiger partial charge in [0.25, 0.3) is 0 Å². The number of aryl methyl sites for hydroxylation is 1. The standard InChI is InChI=1S/C30H44FN5O3S2/c1-21-16-28(29(37)26-18-24(19-32)35(34-26)20-38-14-15-40(6,7)8)36(33-21)27-13-11-12-23(31)17-25(27)22(2)39-41(9,10)30(3,4)5/h12-13,16-18,22H,11,14-15,20H2,1-10H3. The number of carbonyl (C=O) groups is 1. The first kappa shape index (κ1) is 32.9. The number of hydrogen-bond donors (Lipinski definition) is 0. The molecule has 11 heteroatoms. The van der Waals surface area contributed by atoms with Gasteiger partial charge in [0, 0.05) is 22.1 Å². The minimum Gasteiger partial charge on any atom is -0.358 e. The third kappa shape index (κ3) is 8.22. The monoisotopic (exact) mass is 605 g/mol. The predicted octanol–water partition coefficient (Wildman–Crippen LogP) is 6.37. The van der Waals surface area contributed by atoms with Crippen LogP contribution in [0.2, 0.25) is 0 Å². The van der Waals surface area contributed by atoms with Crippen LogP contribution >= 0.6 is 20.3 Å². The van der Waals surface area contributed by atoms with E-state index in [9.17, 15) is 14.4 Å². The van der Waals surface area contributed by atoms with Crippen LogP contribution in [0.15, 0.2) is 41.8 Å². The molecule has 0 bridgehead atoms. The third-order valence-corrected chi connectivity index (χ3v) is 12.1. The average molecular weight is 606 g/mol. The number of allylic oxidation sites excluding steroid dienone is 4. The largest absolute Gasteiger partial charge is 0.358 e. The first-order chi connectivity index (χ1) is 18.9. The lowest BCUT2D eigenvalue weighted by Crippen LogP contribution is -2.29. The summed E-state index contributed by atoms with van der Waals surface area (Å²) in [5.41, 5.74) is 2.40. The Hall–Kier alpha value is -2.65. The quantitative estimate of drug-likeness (QED) is 0.218. The van der Waals surface area contributed by atoms with Crippen molar-refractivity contribution in [3.05, 3.63) is 64.5 Å².